The lowest BCUT2D eigenvalue weighted by atomic mass is 10.1. The van der Waals surface area contributed by atoms with E-state index in [0.717, 1.165) is 0 Å². The number of phenols is 1. The molecule has 0 saturated carbocycles. The van der Waals surface area contributed by atoms with Gasteiger partial charge in [0.05, 0.1) is 12.8 Å². The molecule has 2 N–H and O–H groups in total. The van der Waals surface area contributed by atoms with E-state index >= 15 is 0 Å². The van der Waals surface area contributed by atoms with E-state index in [4.69, 9.17) is 9.84 Å². The van der Waals surface area contributed by atoms with Crippen molar-refractivity contribution in [3.8, 4) is 22.8 Å². The summed E-state index contributed by atoms with van der Waals surface area (Å²) < 4.78 is 6.61. The average Bonchev–Trinajstić information content (AvgIpc) is 2.71. The molecule has 6 nitrogen and oxygen atoms in total. The van der Waals surface area contributed by atoms with Crippen molar-refractivity contribution in [2.75, 3.05) is 7.11 Å². The van der Waals surface area contributed by atoms with Crippen LogP contribution in [0.1, 0.15) is 10.5 Å². The summed E-state index contributed by atoms with van der Waals surface area (Å²) in [5, 5.41) is 22.3. The number of aryl methyl sites for hydroxylation is 1. The van der Waals surface area contributed by atoms with Crippen LogP contribution in [0.25, 0.3) is 11.3 Å². The van der Waals surface area contributed by atoms with E-state index in [2.05, 4.69) is 5.10 Å². The number of hydrogen-bond donors (Lipinski definition) is 2. The van der Waals surface area contributed by atoms with Crippen LogP contribution in [0, 0.1) is 0 Å². The van der Waals surface area contributed by atoms with Gasteiger partial charge >= 0.3 is 5.97 Å². The van der Waals surface area contributed by atoms with Crippen molar-refractivity contribution in [3.63, 3.8) is 0 Å². The van der Waals surface area contributed by atoms with Crippen LogP contribution in [0.2, 0.25) is 0 Å². The zero-order valence-corrected chi connectivity index (χ0v) is 9.91. The summed E-state index contributed by atoms with van der Waals surface area (Å²) in [5.74, 6) is -0.493. The van der Waals surface area contributed by atoms with Crippen LogP contribution in [0.3, 0.4) is 0 Å². The molecule has 6 heteroatoms. The molecule has 0 unspecified atom stereocenters. The van der Waals surface area contributed by atoms with E-state index in [9.17, 15) is 9.90 Å². The molecule has 0 bridgehead atoms. The zero-order chi connectivity index (χ0) is 13.3. The SMILES string of the molecule is COc1ccc(O)cc1-c1cc(C(=O)O)nn1C. The maximum atomic E-state index is 10.9. The van der Waals surface area contributed by atoms with Crippen LogP contribution in [0.15, 0.2) is 24.3 Å². The Morgan fingerprint density at radius 2 is 2.11 bits per heavy atom. The number of methoxy groups -OCH3 is 1. The minimum Gasteiger partial charge on any atom is -0.508 e. The van der Waals surface area contributed by atoms with Gasteiger partial charge < -0.3 is 14.9 Å². The molecule has 0 saturated heterocycles. The van der Waals surface area contributed by atoms with E-state index in [0.29, 0.717) is 17.0 Å². The summed E-state index contributed by atoms with van der Waals surface area (Å²) in [4.78, 5) is 10.9. The summed E-state index contributed by atoms with van der Waals surface area (Å²) in [7, 11) is 3.13. The molecule has 0 aliphatic rings. The smallest absolute Gasteiger partial charge is 0.356 e. The predicted molar refractivity (Wildman–Crippen MR) is 63.8 cm³/mol. The Morgan fingerprint density at radius 1 is 1.39 bits per heavy atom. The van der Waals surface area contributed by atoms with Gasteiger partial charge in [0, 0.05) is 12.6 Å². The van der Waals surface area contributed by atoms with Gasteiger partial charge in [-0.1, -0.05) is 0 Å². The van der Waals surface area contributed by atoms with Crippen molar-refractivity contribution in [2.24, 2.45) is 7.05 Å². The molecule has 2 aromatic rings. The van der Waals surface area contributed by atoms with Gasteiger partial charge in [0.1, 0.15) is 11.5 Å². The Bertz CT molecular complexity index is 604. The van der Waals surface area contributed by atoms with Crippen LogP contribution in [-0.2, 0) is 7.05 Å². The lowest BCUT2D eigenvalue weighted by Crippen LogP contribution is -1.99. The number of aromatic hydroxyl groups is 1. The molecule has 0 amide bonds. The van der Waals surface area contributed by atoms with Crippen molar-refractivity contribution in [3.05, 3.63) is 30.0 Å². The number of phenolic OH excluding ortho intramolecular Hbond substituents is 1. The summed E-state index contributed by atoms with van der Waals surface area (Å²) in [5.41, 5.74) is 1.08. The highest BCUT2D eigenvalue weighted by Gasteiger charge is 2.16. The Kier molecular flexibility index (Phi) is 2.93. The van der Waals surface area contributed by atoms with Crippen LogP contribution < -0.4 is 4.74 Å². The Balaban J connectivity index is 2.60. The average molecular weight is 248 g/mol. The minimum absolute atomic E-state index is 0.0575. The third kappa shape index (κ3) is 2.00. The molecule has 0 fully saturated rings. The zero-order valence-electron chi connectivity index (χ0n) is 9.91. The predicted octanol–water partition coefficient (Wildman–Crippen LogP) is 1.50. The Morgan fingerprint density at radius 3 is 2.67 bits per heavy atom. The molecule has 1 heterocycles. The molecular weight excluding hydrogens is 236 g/mol. The summed E-state index contributed by atoms with van der Waals surface area (Å²) in [6.45, 7) is 0. The fourth-order valence-corrected chi connectivity index (χ4v) is 1.72. The molecule has 0 aliphatic carbocycles. The first-order chi connectivity index (χ1) is 8.52. The molecule has 1 aromatic carbocycles. The number of nitrogens with zero attached hydrogens (tertiary/aromatic N) is 2. The number of hydrogen-bond acceptors (Lipinski definition) is 4. The van der Waals surface area contributed by atoms with E-state index in [-0.39, 0.29) is 11.4 Å². The van der Waals surface area contributed by atoms with Gasteiger partial charge in [0.2, 0.25) is 0 Å². The molecule has 0 atom stereocenters. The topological polar surface area (TPSA) is 84.6 Å². The first kappa shape index (κ1) is 12.0. The molecular formula is C12H12N2O4. The van der Waals surface area contributed by atoms with Crippen LogP contribution in [0.5, 0.6) is 11.5 Å². The van der Waals surface area contributed by atoms with Crippen molar-refractivity contribution in [1.29, 1.82) is 0 Å². The van der Waals surface area contributed by atoms with Gasteiger partial charge in [0.25, 0.3) is 0 Å². The minimum atomic E-state index is -1.10. The molecule has 0 spiro atoms. The van der Waals surface area contributed by atoms with Crippen molar-refractivity contribution >= 4 is 5.97 Å². The second-order valence-electron chi connectivity index (χ2n) is 3.73. The summed E-state index contributed by atoms with van der Waals surface area (Å²) >= 11 is 0. The first-order valence-electron chi connectivity index (χ1n) is 5.17. The number of ether oxygens (including phenoxy) is 1. The van der Waals surface area contributed by atoms with E-state index < -0.39 is 5.97 Å². The van der Waals surface area contributed by atoms with E-state index in [1.165, 1.54) is 30.0 Å². The normalized spacial score (nSPS) is 10.3. The number of aromatic nitrogens is 2. The molecule has 18 heavy (non-hydrogen) atoms. The number of benzene rings is 1. The van der Waals surface area contributed by atoms with Gasteiger partial charge in [-0.25, -0.2) is 4.79 Å². The maximum absolute atomic E-state index is 10.9. The number of carboxylic acid groups (broad SMARTS) is 1. The second-order valence-corrected chi connectivity index (χ2v) is 3.73. The highest BCUT2D eigenvalue weighted by molar-refractivity contribution is 5.87. The Hall–Kier alpha value is -2.50. The number of carboxylic acids is 1. The fourth-order valence-electron chi connectivity index (χ4n) is 1.72. The standard InChI is InChI=1S/C12H12N2O4/c1-14-10(6-9(13-14)12(16)17)8-5-7(15)3-4-11(8)18-2/h3-6,15H,1-2H3,(H,16,17). The Labute approximate surface area is 103 Å². The summed E-state index contributed by atoms with van der Waals surface area (Å²) in [6, 6.07) is 6.04. The first-order valence-corrected chi connectivity index (χ1v) is 5.17. The van der Waals surface area contributed by atoms with Gasteiger partial charge in [-0.2, -0.15) is 5.10 Å². The van der Waals surface area contributed by atoms with Crippen molar-refractivity contribution in [1.82, 2.24) is 9.78 Å². The lowest BCUT2D eigenvalue weighted by molar-refractivity contribution is 0.0689. The van der Waals surface area contributed by atoms with E-state index in [1.54, 1.807) is 13.1 Å². The molecule has 94 valence electrons. The third-order valence-electron chi connectivity index (χ3n) is 2.56. The lowest BCUT2D eigenvalue weighted by Gasteiger charge is -2.08. The largest absolute Gasteiger partial charge is 0.508 e. The quantitative estimate of drug-likeness (QED) is 0.859. The third-order valence-corrected chi connectivity index (χ3v) is 2.56. The second kappa shape index (κ2) is 4.40. The van der Waals surface area contributed by atoms with Crippen molar-refractivity contribution < 1.29 is 19.7 Å². The van der Waals surface area contributed by atoms with Gasteiger partial charge in [-0.05, 0) is 24.3 Å². The van der Waals surface area contributed by atoms with E-state index in [1.807, 2.05) is 0 Å². The number of rotatable bonds is 3. The highest BCUT2D eigenvalue weighted by Crippen LogP contribution is 2.33. The summed E-state index contributed by atoms with van der Waals surface area (Å²) in [6.07, 6.45) is 0. The molecule has 0 radical (unpaired) electrons. The molecule has 0 aliphatic heterocycles. The van der Waals surface area contributed by atoms with Crippen LogP contribution >= 0.6 is 0 Å². The number of carbonyl (C=O) groups is 1. The van der Waals surface area contributed by atoms with Gasteiger partial charge in [-0.15, -0.1) is 0 Å². The van der Waals surface area contributed by atoms with Gasteiger partial charge in [0.15, 0.2) is 5.69 Å². The van der Waals surface area contributed by atoms with Crippen LogP contribution in [0.4, 0.5) is 0 Å². The van der Waals surface area contributed by atoms with Crippen LogP contribution in [-0.4, -0.2) is 33.1 Å². The fraction of sp³-hybridized carbons (Fsp3) is 0.167. The van der Waals surface area contributed by atoms with Gasteiger partial charge in [-0.3, -0.25) is 4.68 Å². The molecule has 1 aromatic heterocycles. The molecule has 2 rings (SSSR count). The maximum Gasteiger partial charge on any atom is 0.356 e. The number of aromatic carboxylic acids is 1. The monoisotopic (exact) mass is 248 g/mol. The highest BCUT2D eigenvalue weighted by atomic mass is 16.5. The van der Waals surface area contributed by atoms with Crippen molar-refractivity contribution in [2.45, 2.75) is 0 Å².